The van der Waals surface area contributed by atoms with E-state index in [9.17, 15) is 17.6 Å². The molecule has 0 aliphatic carbocycles. The minimum Gasteiger partial charge on any atom is -0.373 e. The monoisotopic (exact) mass is 247 g/mol. The van der Waals surface area contributed by atoms with Gasteiger partial charge in [0.2, 0.25) is 11.6 Å². The Morgan fingerprint density at radius 2 is 1.76 bits per heavy atom. The molecule has 17 heavy (non-hydrogen) atoms. The van der Waals surface area contributed by atoms with Crippen LogP contribution in [0.2, 0.25) is 0 Å². The highest BCUT2D eigenvalue weighted by molar-refractivity contribution is 5.45. The summed E-state index contributed by atoms with van der Waals surface area (Å²) in [6.07, 6.45) is 1.32. The average molecular weight is 247 g/mol. The molecule has 0 amide bonds. The van der Waals surface area contributed by atoms with Crippen molar-refractivity contribution in [1.82, 2.24) is 10.1 Å². The number of pyridine rings is 1. The maximum Gasteiger partial charge on any atom is 0.253 e. The zero-order chi connectivity index (χ0) is 12.4. The van der Waals surface area contributed by atoms with E-state index in [1.807, 2.05) is 0 Å². The summed E-state index contributed by atoms with van der Waals surface area (Å²) in [6.45, 7) is -0.170. The van der Waals surface area contributed by atoms with Gasteiger partial charge in [0.15, 0.2) is 5.76 Å². The summed E-state index contributed by atoms with van der Waals surface area (Å²) >= 11 is 0. The molecule has 0 radical (unpaired) electrons. The van der Waals surface area contributed by atoms with E-state index in [4.69, 9.17) is 0 Å². The molecule has 0 saturated carbocycles. The van der Waals surface area contributed by atoms with Gasteiger partial charge in [-0.25, -0.2) is 0 Å². The van der Waals surface area contributed by atoms with Crippen molar-refractivity contribution in [3.05, 3.63) is 41.6 Å². The molecule has 0 saturated heterocycles. The van der Waals surface area contributed by atoms with Crippen LogP contribution in [0.15, 0.2) is 16.8 Å². The van der Waals surface area contributed by atoms with Crippen molar-refractivity contribution in [2.45, 2.75) is 6.54 Å². The Morgan fingerprint density at radius 1 is 1.12 bits per heavy atom. The van der Waals surface area contributed by atoms with Crippen LogP contribution in [-0.4, -0.2) is 10.1 Å². The van der Waals surface area contributed by atoms with Gasteiger partial charge in [-0.2, -0.15) is 22.5 Å². The first-order valence-electron chi connectivity index (χ1n) is 4.43. The van der Waals surface area contributed by atoms with Crippen molar-refractivity contribution in [3.63, 3.8) is 0 Å². The van der Waals surface area contributed by atoms with Gasteiger partial charge < -0.3 is 9.84 Å². The Bertz CT molecular complexity index is 503. The van der Waals surface area contributed by atoms with Gasteiger partial charge in [-0.3, -0.25) is 0 Å². The first kappa shape index (κ1) is 11.4. The Labute approximate surface area is 92.3 Å². The minimum atomic E-state index is -1.72. The van der Waals surface area contributed by atoms with Crippen molar-refractivity contribution in [1.29, 1.82) is 0 Å². The lowest BCUT2D eigenvalue weighted by atomic mass is 10.3. The van der Waals surface area contributed by atoms with Crippen LogP contribution in [0.5, 0.6) is 0 Å². The molecule has 0 aliphatic heterocycles. The zero-order valence-corrected chi connectivity index (χ0v) is 8.18. The van der Waals surface area contributed by atoms with Crippen molar-refractivity contribution in [2.75, 3.05) is 5.32 Å². The maximum absolute atomic E-state index is 13.1. The first-order valence-corrected chi connectivity index (χ1v) is 4.43. The second-order valence-electron chi connectivity index (χ2n) is 3.03. The van der Waals surface area contributed by atoms with Crippen molar-refractivity contribution >= 4 is 5.69 Å². The van der Waals surface area contributed by atoms with Gasteiger partial charge in [0.25, 0.3) is 11.9 Å². The van der Waals surface area contributed by atoms with Gasteiger partial charge >= 0.3 is 0 Å². The molecule has 4 nitrogen and oxygen atoms in total. The van der Waals surface area contributed by atoms with Gasteiger partial charge in [0.05, 0.1) is 12.7 Å². The molecule has 1 N–H and O–H groups in total. The predicted octanol–water partition coefficient (Wildman–Crippen LogP) is 2.24. The summed E-state index contributed by atoms with van der Waals surface area (Å²) in [5.41, 5.74) is -0.939. The zero-order valence-electron chi connectivity index (χ0n) is 8.18. The highest BCUT2D eigenvalue weighted by Gasteiger charge is 2.20. The number of aromatic nitrogens is 2. The fraction of sp³-hybridized carbons (Fsp3) is 0.111. The largest absolute Gasteiger partial charge is 0.373 e. The number of rotatable bonds is 3. The molecular weight excluding hydrogens is 242 g/mol. The fourth-order valence-electron chi connectivity index (χ4n) is 1.15. The van der Waals surface area contributed by atoms with E-state index in [2.05, 4.69) is 20.0 Å². The van der Waals surface area contributed by atoms with E-state index in [-0.39, 0.29) is 12.3 Å². The standard InChI is InChI=1S/C9H5F4N3O/c10-5-7(6(11)9(13)16-8(5)12)14-3-4-1-2-15-17-4/h1-2H,3H2,(H,14,16). The van der Waals surface area contributed by atoms with Crippen LogP contribution < -0.4 is 5.32 Å². The van der Waals surface area contributed by atoms with Gasteiger partial charge in [0, 0.05) is 6.07 Å². The van der Waals surface area contributed by atoms with E-state index in [1.165, 1.54) is 12.3 Å². The number of hydrogen-bond donors (Lipinski definition) is 1. The third-order valence-corrected chi connectivity index (χ3v) is 1.93. The minimum absolute atomic E-state index is 0.170. The highest BCUT2D eigenvalue weighted by atomic mass is 19.2. The normalized spacial score (nSPS) is 10.6. The summed E-state index contributed by atoms with van der Waals surface area (Å²) in [5, 5.41) is 5.51. The van der Waals surface area contributed by atoms with Gasteiger partial charge in [-0.1, -0.05) is 5.16 Å². The molecule has 8 heteroatoms. The quantitative estimate of drug-likeness (QED) is 0.667. The molecule has 2 rings (SSSR count). The summed E-state index contributed by atoms with van der Waals surface area (Å²) in [5.74, 6) is -6.37. The lowest BCUT2D eigenvalue weighted by molar-refractivity contribution is 0.385. The smallest absolute Gasteiger partial charge is 0.253 e. The van der Waals surface area contributed by atoms with E-state index < -0.39 is 29.2 Å². The third kappa shape index (κ3) is 2.19. The molecule has 0 spiro atoms. The summed E-state index contributed by atoms with van der Waals surface area (Å²) in [4.78, 5) is 2.42. The third-order valence-electron chi connectivity index (χ3n) is 1.93. The van der Waals surface area contributed by atoms with E-state index in [0.29, 0.717) is 0 Å². The van der Waals surface area contributed by atoms with Crippen LogP contribution in [0.3, 0.4) is 0 Å². The van der Waals surface area contributed by atoms with E-state index in [0.717, 1.165) is 0 Å². The van der Waals surface area contributed by atoms with Gasteiger partial charge in [-0.05, 0) is 0 Å². The molecule has 90 valence electrons. The Hall–Kier alpha value is -2.12. The molecule has 0 aliphatic rings. The van der Waals surface area contributed by atoms with Crippen molar-refractivity contribution in [3.8, 4) is 0 Å². The number of hydrogen-bond acceptors (Lipinski definition) is 4. The van der Waals surface area contributed by atoms with Crippen LogP contribution >= 0.6 is 0 Å². The molecule has 0 atom stereocenters. The summed E-state index contributed by atoms with van der Waals surface area (Å²) < 4.78 is 56.3. The van der Waals surface area contributed by atoms with Crippen molar-refractivity contribution in [2.24, 2.45) is 0 Å². The van der Waals surface area contributed by atoms with Gasteiger partial charge in [0.1, 0.15) is 5.69 Å². The van der Waals surface area contributed by atoms with Crippen LogP contribution in [0, 0.1) is 23.5 Å². The topological polar surface area (TPSA) is 51.0 Å². The SMILES string of the molecule is Fc1nc(F)c(F)c(NCc2ccno2)c1F. The van der Waals surface area contributed by atoms with Crippen LogP contribution in [0.1, 0.15) is 5.76 Å². The van der Waals surface area contributed by atoms with Crippen LogP contribution in [0.25, 0.3) is 0 Å². The Morgan fingerprint density at radius 3 is 2.29 bits per heavy atom. The molecule has 2 aromatic rings. The Kier molecular flexibility index (Phi) is 2.94. The molecule has 0 unspecified atom stereocenters. The van der Waals surface area contributed by atoms with Crippen molar-refractivity contribution < 1.29 is 22.1 Å². The predicted molar refractivity (Wildman–Crippen MR) is 47.9 cm³/mol. The molecule has 2 aromatic heterocycles. The fourth-order valence-corrected chi connectivity index (χ4v) is 1.15. The van der Waals surface area contributed by atoms with Crippen LogP contribution in [0.4, 0.5) is 23.2 Å². The number of halogens is 4. The summed E-state index contributed by atoms with van der Waals surface area (Å²) in [7, 11) is 0. The first-order chi connectivity index (χ1) is 8.09. The van der Waals surface area contributed by atoms with E-state index >= 15 is 0 Å². The molecule has 0 fully saturated rings. The lowest BCUT2D eigenvalue weighted by Crippen LogP contribution is -2.09. The lowest BCUT2D eigenvalue weighted by Gasteiger charge is -2.07. The molecule has 2 heterocycles. The van der Waals surface area contributed by atoms with E-state index in [1.54, 1.807) is 0 Å². The molecule has 0 aromatic carbocycles. The van der Waals surface area contributed by atoms with Crippen LogP contribution in [-0.2, 0) is 6.54 Å². The number of anilines is 1. The highest BCUT2D eigenvalue weighted by Crippen LogP contribution is 2.22. The number of nitrogens with one attached hydrogen (secondary N) is 1. The Balaban J connectivity index is 2.26. The maximum atomic E-state index is 13.1. The summed E-state index contributed by atoms with van der Waals surface area (Å²) in [6, 6.07) is 1.43. The second-order valence-corrected chi connectivity index (χ2v) is 3.03. The van der Waals surface area contributed by atoms with Gasteiger partial charge in [-0.15, -0.1) is 0 Å². The molecule has 0 bridgehead atoms. The molecular formula is C9H5F4N3O. The average Bonchev–Trinajstić information content (AvgIpc) is 2.79. The second kappa shape index (κ2) is 4.40. The number of nitrogens with zero attached hydrogens (tertiary/aromatic N) is 2.